The number of carbonyl (C=O) groups is 1. The van der Waals surface area contributed by atoms with Crippen LogP contribution < -0.4 is 4.74 Å². The first-order chi connectivity index (χ1) is 10.2. The number of carbonyl (C=O) groups excluding carboxylic acids is 1. The molecule has 0 saturated heterocycles. The molecule has 6 heteroatoms. The van der Waals surface area contributed by atoms with Gasteiger partial charge >= 0.3 is 5.97 Å². The van der Waals surface area contributed by atoms with Crippen molar-refractivity contribution in [2.75, 3.05) is 0 Å². The number of hydrogen-bond acceptors (Lipinski definition) is 5. The van der Waals surface area contributed by atoms with Crippen LogP contribution in [0.2, 0.25) is 5.02 Å². The summed E-state index contributed by atoms with van der Waals surface area (Å²) in [6.45, 7) is 0. The maximum absolute atomic E-state index is 12.0. The number of benzene rings is 2. The summed E-state index contributed by atoms with van der Waals surface area (Å²) in [5.74, 6) is 0.356. The first-order valence-electron chi connectivity index (χ1n) is 6.07. The summed E-state index contributed by atoms with van der Waals surface area (Å²) in [5.41, 5.74) is 1.14. The van der Waals surface area contributed by atoms with Gasteiger partial charge < -0.3 is 9.15 Å². The lowest BCUT2D eigenvalue weighted by atomic mass is 10.2. The average molecular weight is 301 g/mol. The van der Waals surface area contributed by atoms with Crippen molar-refractivity contribution in [2.24, 2.45) is 0 Å². The summed E-state index contributed by atoms with van der Waals surface area (Å²) in [5, 5.41) is 7.88. The maximum Gasteiger partial charge on any atom is 0.343 e. The third kappa shape index (κ3) is 3.09. The Bertz CT molecular complexity index is 755. The van der Waals surface area contributed by atoms with Gasteiger partial charge in [-0.1, -0.05) is 17.7 Å². The van der Waals surface area contributed by atoms with E-state index >= 15 is 0 Å². The number of rotatable bonds is 3. The van der Waals surface area contributed by atoms with Gasteiger partial charge in [0.2, 0.25) is 12.3 Å². The second kappa shape index (κ2) is 5.76. The molecule has 0 aliphatic carbocycles. The Morgan fingerprint density at radius 1 is 1.14 bits per heavy atom. The lowest BCUT2D eigenvalue weighted by molar-refractivity contribution is 0.0735. The molecular weight excluding hydrogens is 292 g/mol. The molecule has 3 rings (SSSR count). The van der Waals surface area contributed by atoms with Crippen LogP contribution in [0.25, 0.3) is 11.5 Å². The van der Waals surface area contributed by atoms with Crippen molar-refractivity contribution in [3.05, 3.63) is 65.5 Å². The molecule has 0 saturated carbocycles. The Kier molecular flexibility index (Phi) is 3.66. The van der Waals surface area contributed by atoms with Gasteiger partial charge in [-0.25, -0.2) is 4.79 Å². The van der Waals surface area contributed by atoms with Gasteiger partial charge in [-0.3, -0.25) is 0 Å². The van der Waals surface area contributed by atoms with Gasteiger partial charge in [0.05, 0.1) is 5.56 Å². The number of hydrogen-bond donors (Lipinski definition) is 0. The van der Waals surface area contributed by atoms with E-state index in [1.54, 1.807) is 48.5 Å². The number of ether oxygens (including phenoxy) is 1. The van der Waals surface area contributed by atoms with Crippen molar-refractivity contribution in [3.8, 4) is 17.2 Å². The molecule has 0 spiro atoms. The summed E-state index contributed by atoms with van der Waals surface area (Å²) in [7, 11) is 0. The summed E-state index contributed by atoms with van der Waals surface area (Å²) in [6, 6.07) is 13.3. The monoisotopic (exact) mass is 300 g/mol. The predicted molar refractivity (Wildman–Crippen MR) is 76.1 cm³/mol. The largest absolute Gasteiger partial charge is 0.423 e. The highest BCUT2D eigenvalue weighted by atomic mass is 35.5. The Labute approximate surface area is 125 Å². The van der Waals surface area contributed by atoms with E-state index in [-0.39, 0.29) is 0 Å². The number of aromatic nitrogens is 2. The number of nitrogens with zero attached hydrogens (tertiary/aromatic N) is 2. The molecule has 1 heterocycles. The number of esters is 1. The van der Waals surface area contributed by atoms with E-state index < -0.39 is 5.97 Å². The average Bonchev–Trinajstić information content (AvgIpc) is 3.02. The lowest BCUT2D eigenvalue weighted by Gasteiger charge is -2.05. The molecule has 3 aromatic rings. The molecule has 21 heavy (non-hydrogen) atoms. The summed E-state index contributed by atoms with van der Waals surface area (Å²) in [6.07, 6.45) is 1.25. The molecule has 0 amide bonds. The van der Waals surface area contributed by atoms with Gasteiger partial charge in [0, 0.05) is 10.6 Å². The molecule has 0 atom stereocenters. The van der Waals surface area contributed by atoms with Crippen LogP contribution in [-0.2, 0) is 0 Å². The second-order valence-electron chi connectivity index (χ2n) is 4.17. The van der Waals surface area contributed by atoms with Gasteiger partial charge in [0.25, 0.3) is 0 Å². The zero-order valence-corrected chi connectivity index (χ0v) is 11.4. The molecular formula is C15H9ClN2O3. The van der Waals surface area contributed by atoms with E-state index in [2.05, 4.69) is 10.2 Å². The van der Waals surface area contributed by atoms with E-state index in [4.69, 9.17) is 20.8 Å². The minimum absolute atomic E-state index is 0.392. The predicted octanol–water partition coefficient (Wildman–Crippen LogP) is 3.61. The fraction of sp³-hybridized carbons (Fsp3) is 0. The molecule has 0 bridgehead atoms. The van der Waals surface area contributed by atoms with E-state index in [1.807, 2.05) is 0 Å². The Morgan fingerprint density at radius 3 is 2.62 bits per heavy atom. The molecule has 5 nitrogen and oxygen atoms in total. The molecule has 2 aromatic carbocycles. The zero-order valence-electron chi connectivity index (χ0n) is 10.7. The summed E-state index contributed by atoms with van der Waals surface area (Å²) >= 11 is 5.84. The zero-order chi connectivity index (χ0) is 14.7. The maximum atomic E-state index is 12.0. The SMILES string of the molecule is O=C(Oc1ccc(-c2nnco2)cc1)c1cccc(Cl)c1. The van der Waals surface area contributed by atoms with E-state index in [0.29, 0.717) is 22.2 Å². The normalized spacial score (nSPS) is 10.3. The van der Waals surface area contributed by atoms with Crippen LogP contribution in [0.4, 0.5) is 0 Å². The van der Waals surface area contributed by atoms with Crippen molar-refractivity contribution in [1.29, 1.82) is 0 Å². The highest BCUT2D eigenvalue weighted by Gasteiger charge is 2.10. The van der Waals surface area contributed by atoms with Crippen LogP contribution in [0.3, 0.4) is 0 Å². The van der Waals surface area contributed by atoms with Gasteiger partial charge in [-0.05, 0) is 42.5 Å². The van der Waals surface area contributed by atoms with Gasteiger partial charge in [0.15, 0.2) is 0 Å². The second-order valence-corrected chi connectivity index (χ2v) is 4.60. The van der Waals surface area contributed by atoms with Crippen molar-refractivity contribution >= 4 is 17.6 Å². The van der Waals surface area contributed by atoms with Crippen LogP contribution in [0.5, 0.6) is 5.75 Å². The van der Waals surface area contributed by atoms with E-state index in [0.717, 1.165) is 5.56 Å². The molecule has 0 radical (unpaired) electrons. The Balaban J connectivity index is 1.75. The van der Waals surface area contributed by atoms with Crippen LogP contribution in [-0.4, -0.2) is 16.2 Å². The summed E-state index contributed by atoms with van der Waals surface area (Å²) in [4.78, 5) is 12.0. The molecule has 0 fully saturated rings. The highest BCUT2D eigenvalue weighted by molar-refractivity contribution is 6.30. The lowest BCUT2D eigenvalue weighted by Crippen LogP contribution is -2.08. The fourth-order valence-electron chi connectivity index (χ4n) is 1.75. The van der Waals surface area contributed by atoms with Crippen LogP contribution >= 0.6 is 11.6 Å². The molecule has 1 aromatic heterocycles. The third-order valence-corrected chi connectivity index (χ3v) is 2.97. The minimum Gasteiger partial charge on any atom is -0.423 e. The topological polar surface area (TPSA) is 65.2 Å². The van der Waals surface area contributed by atoms with Crippen molar-refractivity contribution < 1.29 is 13.9 Å². The standard InChI is InChI=1S/C15H9ClN2O3/c16-12-3-1-2-11(8-12)15(19)21-13-6-4-10(5-7-13)14-18-17-9-20-14/h1-9H. The van der Waals surface area contributed by atoms with Crippen LogP contribution in [0, 0.1) is 0 Å². The first-order valence-corrected chi connectivity index (χ1v) is 6.44. The van der Waals surface area contributed by atoms with Gasteiger partial charge in [-0.2, -0.15) is 0 Å². The molecule has 0 unspecified atom stereocenters. The smallest absolute Gasteiger partial charge is 0.343 e. The van der Waals surface area contributed by atoms with Crippen molar-refractivity contribution in [1.82, 2.24) is 10.2 Å². The van der Waals surface area contributed by atoms with E-state index in [9.17, 15) is 4.79 Å². The molecule has 0 aliphatic heterocycles. The van der Waals surface area contributed by atoms with Crippen LogP contribution in [0.15, 0.2) is 59.3 Å². The first kappa shape index (κ1) is 13.3. The molecule has 0 aliphatic rings. The quantitative estimate of drug-likeness (QED) is 0.546. The molecule has 104 valence electrons. The van der Waals surface area contributed by atoms with Crippen molar-refractivity contribution in [2.45, 2.75) is 0 Å². The van der Waals surface area contributed by atoms with Crippen molar-refractivity contribution in [3.63, 3.8) is 0 Å². The highest BCUT2D eigenvalue weighted by Crippen LogP contribution is 2.21. The Morgan fingerprint density at radius 2 is 1.95 bits per heavy atom. The number of halogens is 1. The minimum atomic E-state index is -0.469. The summed E-state index contributed by atoms with van der Waals surface area (Å²) < 4.78 is 10.3. The van der Waals surface area contributed by atoms with Gasteiger partial charge in [-0.15, -0.1) is 10.2 Å². The van der Waals surface area contributed by atoms with E-state index in [1.165, 1.54) is 6.39 Å². The fourth-order valence-corrected chi connectivity index (χ4v) is 1.94. The van der Waals surface area contributed by atoms with Gasteiger partial charge in [0.1, 0.15) is 5.75 Å². The molecule has 0 N–H and O–H groups in total. The third-order valence-electron chi connectivity index (χ3n) is 2.73. The van der Waals surface area contributed by atoms with Crippen LogP contribution in [0.1, 0.15) is 10.4 Å². The Hall–Kier alpha value is -2.66.